The number of alkyl halides is 3. The Kier molecular flexibility index (Phi) is 6.29. The summed E-state index contributed by atoms with van der Waals surface area (Å²) in [6.45, 7) is 2.53. The second-order valence-electron chi connectivity index (χ2n) is 7.43. The third-order valence-corrected chi connectivity index (χ3v) is 7.07. The van der Waals surface area contributed by atoms with Crippen LogP contribution in [0.3, 0.4) is 0 Å². The molecule has 0 saturated carbocycles. The summed E-state index contributed by atoms with van der Waals surface area (Å²) in [5.41, 5.74) is 0.301. The number of amides is 2. The van der Waals surface area contributed by atoms with Crippen molar-refractivity contribution >= 4 is 39.6 Å². The van der Waals surface area contributed by atoms with E-state index in [1.807, 2.05) is 0 Å². The number of hydrogen-bond acceptors (Lipinski definition) is 6. The normalized spacial score (nSPS) is 16.8. The number of hydrogen-bond donors (Lipinski definition) is 1. The Morgan fingerprint density at radius 2 is 1.97 bits per heavy atom. The number of benzene rings is 1. The van der Waals surface area contributed by atoms with E-state index in [1.165, 1.54) is 23.5 Å². The van der Waals surface area contributed by atoms with Crippen LogP contribution in [-0.4, -0.2) is 39.8 Å². The minimum absolute atomic E-state index is 0.163. The number of carbonyl (C=O) groups excluding carboxylic acids is 2. The number of rotatable bonds is 4. The number of halogens is 3. The van der Waals surface area contributed by atoms with Crippen molar-refractivity contribution in [3.8, 4) is 10.6 Å². The summed E-state index contributed by atoms with van der Waals surface area (Å²) in [7, 11) is 0. The van der Waals surface area contributed by atoms with Gasteiger partial charge >= 0.3 is 6.18 Å². The first kappa shape index (κ1) is 22.4. The van der Waals surface area contributed by atoms with E-state index >= 15 is 0 Å². The van der Waals surface area contributed by atoms with Gasteiger partial charge in [0.1, 0.15) is 9.88 Å². The van der Waals surface area contributed by atoms with E-state index in [-0.39, 0.29) is 17.7 Å². The lowest BCUT2D eigenvalue weighted by molar-refractivity contribution is -0.137. The molecule has 3 heterocycles. The zero-order valence-corrected chi connectivity index (χ0v) is 18.6. The van der Waals surface area contributed by atoms with E-state index in [0.717, 1.165) is 23.5 Å². The van der Waals surface area contributed by atoms with Crippen molar-refractivity contribution in [2.45, 2.75) is 25.9 Å². The molecule has 11 heteroatoms. The number of aryl methyl sites for hydroxylation is 1. The Labute approximate surface area is 190 Å². The molecule has 1 saturated heterocycles. The molecule has 1 aliphatic heterocycles. The van der Waals surface area contributed by atoms with Crippen molar-refractivity contribution in [2.75, 3.05) is 18.4 Å². The van der Waals surface area contributed by atoms with E-state index in [2.05, 4.69) is 15.3 Å². The molecule has 0 radical (unpaired) electrons. The van der Waals surface area contributed by atoms with E-state index in [0.29, 0.717) is 52.2 Å². The van der Waals surface area contributed by atoms with Gasteiger partial charge in [-0.25, -0.2) is 9.97 Å². The summed E-state index contributed by atoms with van der Waals surface area (Å²) in [5.74, 6) is -0.715. The Hall–Kier alpha value is -2.79. The summed E-state index contributed by atoms with van der Waals surface area (Å²) in [6, 6.07) is 4.72. The highest BCUT2D eigenvalue weighted by molar-refractivity contribution is 7.17. The Morgan fingerprint density at radius 1 is 1.22 bits per heavy atom. The first-order chi connectivity index (χ1) is 15.2. The number of nitrogens with zero attached hydrogens (tertiary/aromatic N) is 3. The van der Waals surface area contributed by atoms with Gasteiger partial charge in [-0.3, -0.25) is 9.59 Å². The van der Waals surface area contributed by atoms with Crippen molar-refractivity contribution in [2.24, 2.45) is 5.92 Å². The zero-order chi connectivity index (χ0) is 22.9. The summed E-state index contributed by atoms with van der Waals surface area (Å²) in [4.78, 5) is 36.2. The van der Waals surface area contributed by atoms with Gasteiger partial charge in [-0.1, -0.05) is 12.1 Å². The monoisotopic (exact) mass is 480 g/mol. The molecule has 4 rings (SSSR count). The molecule has 1 unspecified atom stereocenters. The topological polar surface area (TPSA) is 75.2 Å². The molecule has 168 valence electrons. The predicted molar refractivity (Wildman–Crippen MR) is 117 cm³/mol. The number of anilines is 1. The van der Waals surface area contributed by atoms with Gasteiger partial charge in [-0.2, -0.15) is 13.2 Å². The molecule has 1 aliphatic rings. The fourth-order valence-corrected chi connectivity index (χ4v) is 5.10. The Morgan fingerprint density at radius 3 is 2.62 bits per heavy atom. The lowest BCUT2D eigenvalue weighted by Crippen LogP contribution is -2.43. The van der Waals surface area contributed by atoms with Crippen LogP contribution in [0, 0.1) is 12.8 Å². The van der Waals surface area contributed by atoms with Crippen LogP contribution in [0.1, 0.15) is 33.8 Å². The van der Waals surface area contributed by atoms with Crippen molar-refractivity contribution in [3.63, 3.8) is 0 Å². The number of piperidine rings is 1. The highest BCUT2D eigenvalue weighted by atomic mass is 32.1. The third-order valence-electron chi connectivity index (χ3n) is 5.19. The lowest BCUT2D eigenvalue weighted by Gasteiger charge is -2.31. The SMILES string of the molecule is Cc1nc(-c2ccc(C(F)(F)F)cc2)sc1C(=O)N1CCCC(C(=O)Nc2nccs2)C1. The van der Waals surface area contributed by atoms with Crippen LogP contribution in [0.15, 0.2) is 35.8 Å². The van der Waals surface area contributed by atoms with Crippen LogP contribution < -0.4 is 5.32 Å². The van der Waals surface area contributed by atoms with Gasteiger partial charge < -0.3 is 10.2 Å². The van der Waals surface area contributed by atoms with E-state index in [9.17, 15) is 22.8 Å². The summed E-state index contributed by atoms with van der Waals surface area (Å²) in [6.07, 6.45) is -1.42. The molecule has 6 nitrogen and oxygen atoms in total. The minimum atomic E-state index is -4.41. The number of aromatic nitrogens is 2. The average molecular weight is 481 g/mol. The average Bonchev–Trinajstić information content (AvgIpc) is 3.42. The first-order valence-corrected chi connectivity index (χ1v) is 11.6. The molecule has 1 N–H and O–H groups in total. The second-order valence-corrected chi connectivity index (χ2v) is 9.32. The maximum absolute atomic E-state index is 13.1. The fourth-order valence-electron chi connectivity index (χ4n) is 3.53. The standard InChI is InChI=1S/C21H19F3N4O2S2/c1-12-16(32-18(26-12)13-4-6-15(7-5-13)21(22,23)24)19(30)28-9-2-3-14(11-28)17(29)27-20-25-8-10-31-20/h4-8,10,14H,2-3,9,11H2,1H3,(H,25,27,29). The molecule has 2 amide bonds. The second kappa shape index (κ2) is 8.99. The predicted octanol–water partition coefficient (Wildman–Crippen LogP) is 5.08. The molecule has 0 aliphatic carbocycles. The van der Waals surface area contributed by atoms with E-state index in [1.54, 1.807) is 23.4 Å². The zero-order valence-electron chi connectivity index (χ0n) is 17.0. The maximum Gasteiger partial charge on any atom is 0.416 e. The molecular weight excluding hydrogens is 461 g/mol. The lowest BCUT2D eigenvalue weighted by atomic mass is 9.97. The van der Waals surface area contributed by atoms with Gasteiger partial charge in [0, 0.05) is 30.2 Å². The van der Waals surface area contributed by atoms with Crippen molar-refractivity contribution in [3.05, 3.63) is 52.0 Å². The number of nitrogens with one attached hydrogen (secondary N) is 1. The molecule has 0 bridgehead atoms. The van der Waals surface area contributed by atoms with Crippen molar-refractivity contribution in [1.29, 1.82) is 0 Å². The molecule has 0 spiro atoms. The number of likely N-dealkylation sites (tertiary alicyclic amines) is 1. The first-order valence-electron chi connectivity index (χ1n) is 9.87. The largest absolute Gasteiger partial charge is 0.416 e. The van der Waals surface area contributed by atoms with Crippen LogP contribution >= 0.6 is 22.7 Å². The molecular formula is C21H19F3N4O2S2. The van der Waals surface area contributed by atoms with Gasteiger partial charge in [0.2, 0.25) is 5.91 Å². The van der Waals surface area contributed by atoms with E-state index in [4.69, 9.17) is 0 Å². The fraction of sp³-hybridized carbons (Fsp3) is 0.333. The van der Waals surface area contributed by atoms with Crippen LogP contribution in [0.25, 0.3) is 10.6 Å². The summed E-state index contributed by atoms with van der Waals surface area (Å²) < 4.78 is 38.4. The molecule has 32 heavy (non-hydrogen) atoms. The van der Waals surface area contributed by atoms with Gasteiger partial charge in [-0.05, 0) is 31.9 Å². The smallest absolute Gasteiger partial charge is 0.337 e. The third kappa shape index (κ3) is 4.83. The summed E-state index contributed by atoms with van der Waals surface area (Å²) in [5, 5.41) is 5.56. The number of thiazole rings is 2. The Balaban J connectivity index is 1.47. The highest BCUT2D eigenvalue weighted by Crippen LogP contribution is 2.33. The van der Waals surface area contributed by atoms with Crippen LogP contribution in [0.2, 0.25) is 0 Å². The van der Waals surface area contributed by atoms with Crippen molar-refractivity contribution in [1.82, 2.24) is 14.9 Å². The van der Waals surface area contributed by atoms with Gasteiger partial charge in [0.05, 0.1) is 17.2 Å². The molecule has 1 atom stereocenters. The molecule has 2 aromatic heterocycles. The van der Waals surface area contributed by atoms with E-state index < -0.39 is 11.7 Å². The van der Waals surface area contributed by atoms with Crippen LogP contribution in [0.5, 0.6) is 0 Å². The molecule has 3 aromatic rings. The van der Waals surface area contributed by atoms with Gasteiger partial charge in [0.25, 0.3) is 5.91 Å². The van der Waals surface area contributed by atoms with Gasteiger partial charge in [-0.15, -0.1) is 22.7 Å². The maximum atomic E-state index is 13.1. The Bertz CT molecular complexity index is 1110. The van der Waals surface area contributed by atoms with Crippen molar-refractivity contribution < 1.29 is 22.8 Å². The van der Waals surface area contributed by atoms with Crippen LogP contribution in [0.4, 0.5) is 18.3 Å². The summed E-state index contributed by atoms with van der Waals surface area (Å²) >= 11 is 2.48. The molecule has 1 aromatic carbocycles. The number of carbonyl (C=O) groups is 2. The van der Waals surface area contributed by atoms with Crippen LogP contribution in [-0.2, 0) is 11.0 Å². The van der Waals surface area contributed by atoms with Gasteiger partial charge in [0.15, 0.2) is 5.13 Å². The quantitative estimate of drug-likeness (QED) is 0.565. The molecule has 1 fully saturated rings. The minimum Gasteiger partial charge on any atom is -0.337 e. The highest BCUT2D eigenvalue weighted by Gasteiger charge is 2.32.